The van der Waals surface area contributed by atoms with Crippen molar-refractivity contribution in [3.05, 3.63) is 52.5 Å². The molecular weight excluding hydrogens is 371 g/mol. The highest BCUT2D eigenvalue weighted by atomic mass is 35.5. The summed E-state index contributed by atoms with van der Waals surface area (Å²) in [5.41, 5.74) is 1.71. The lowest BCUT2D eigenvalue weighted by Gasteiger charge is -2.22. The molecule has 26 heavy (non-hydrogen) atoms. The Balaban J connectivity index is 2.07. The van der Waals surface area contributed by atoms with Crippen molar-refractivity contribution in [1.29, 1.82) is 0 Å². The SMILES string of the molecule is CCCN(c1nc(-c2ccc(Cl)cc2Cl)n(C)n1)c1ccccc1OC. The van der Waals surface area contributed by atoms with Gasteiger partial charge in [-0.15, -0.1) is 5.10 Å². The number of methoxy groups -OCH3 is 1. The molecule has 0 fully saturated rings. The van der Waals surface area contributed by atoms with Crippen LogP contribution < -0.4 is 9.64 Å². The third-order valence-corrected chi connectivity index (χ3v) is 4.54. The first-order valence-corrected chi connectivity index (χ1v) is 9.07. The molecule has 0 unspecified atom stereocenters. The number of nitrogens with zero attached hydrogens (tertiary/aromatic N) is 4. The zero-order chi connectivity index (χ0) is 18.7. The molecule has 7 heteroatoms. The number of ether oxygens (including phenoxy) is 1. The number of halogens is 2. The molecule has 0 saturated carbocycles. The van der Waals surface area contributed by atoms with E-state index in [0.717, 1.165) is 30.0 Å². The van der Waals surface area contributed by atoms with Gasteiger partial charge in [-0.05, 0) is 36.8 Å². The summed E-state index contributed by atoms with van der Waals surface area (Å²) < 4.78 is 7.23. The highest BCUT2D eigenvalue weighted by Gasteiger charge is 2.20. The molecule has 0 spiro atoms. The average Bonchev–Trinajstić information content (AvgIpc) is 3.01. The van der Waals surface area contributed by atoms with Crippen molar-refractivity contribution in [2.45, 2.75) is 13.3 Å². The highest BCUT2D eigenvalue weighted by Crippen LogP contribution is 2.34. The molecule has 2 aromatic carbocycles. The van der Waals surface area contributed by atoms with E-state index in [9.17, 15) is 0 Å². The quantitative estimate of drug-likeness (QED) is 0.569. The molecule has 0 radical (unpaired) electrons. The maximum Gasteiger partial charge on any atom is 0.249 e. The minimum absolute atomic E-state index is 0.541. The fourth-order valence-electron chi connectivity index (χ4n) is 2.80. The van der Waals surface area contributed by atoms with Crippen molar-refractivity contribution in [3.8, 4) is 17.1 Å². The van der Waals surface area contributed by atoms with E-state index in [2.05, 4.69) is 12.0 Å². The number of benzene rings is 2. The van der Waals surface area contributed by atoms with Crippen LogP contribution in [-0.2, 0) is 7.05 Å². The van der Waals surface area contributed by atoms with Crippen molar-refractivity contribution >= 4 is 34.8 Å². The minimum atomic E-state index is 0.541. The molecule has 3 aromatic rings. The number of aromatic nitrogens is 3. The topological polar surface area (TPSA) is 43.2 Å². The van der Waals surface area contributed by atoms with Gasteiger partial charge in [-0.2, -0.15) is 4.98 Å². The predicted octanol–water partition coefficient (Wildman–Crippen LogP) is 5.35. The number of rotatable bonds is 6. The Labute approximate surface area is 163 Å². The van der Waals surface area contributed by atoms with Crippen molar-refractivity contribution in [3.63, 3.8) is 0 Å². The lowest BCUT2D eigenvalue weighted by molar-refractivity contribution is 0.415. The van der Waals surface area contributed by atoms with Crippen LogP contribution in [0.5, 0.6) is 5.75 Å². The summed E-state index contributed by atoms with van der Waals surface area (Å²) in [5.74, 6) is 2.05. The Bertz CT molecular complexity index is 910. The number of hydrogen-bond donors (Lipinski definition) is 0. The molecule has 0 N–H and O–H groups in total. The van der Waals surface area contributed by atoms with Crippen LogP contribution >= 0.6 is 23.2 Å². The lowest BCUT2D eigenvalue weighted by Crippen LogP contribution is -2.20. The zero-order valence-electron chi connectivity index (χ0n) is 14.9. The van der Waals surface area contributed by atoms with Gasteiger partial charge in [0.05, 0.1) is 17.8 Å². The normalized spacial score (nSPS) is 10.8. The van der Waals surface area contributed by atoms with Crippen LogP contribution in [0.4, 0.5) is 11.6 Å². The smallest absolute Gasteiger partial charge is 0.249 e. The fraction of sp³-hybridized carbons (Fsp3) is 0.263. The fourth-order valence-corrected chi connectivity index (χ4v) is 3.29. The van der Waals surface area contributed by atoms with Crippen LogP contribution in [0.3, 0.4) is 0 Å². The van der Waals surface area contributed by atoms with E-state index in [0.29, 0.717) is 21.8 Å². The van der Waals surface area contributed by atoms with E-state index < -0.39 is 0 Å². The standard InChI is InChI=1S/C19H20Cl2N4O/c1-4-11-25(16-7-5-6-8-17(16)26-3)19-22-18(24(2)23-19)14-10-9-13(20)12-15(14)21/h5-10,12H,4,11H2,1-3H3. The van der Waals surface area contributed by atoms with Crippen LogP contribution in [0, 0.1) is 0 Å². The molecule has 0 aliphatic heterocycles. The minimum Gasteiger partial charge on any atom is -0.495 e. The predicted molar refractivity (Wildman–Crippen MR) is 107 cm³/mol. The van der Waals surface area contributed by atoms with Crippen LogP contribution in [0.25, 0.3) is 11.4 Å². The second-order valence-corrected chi connectivity index (χ2v) is 6.65. The van der Waals surface area contributed by atoms with Crippen LogP contribution in [0.2, 0.25) is 10.0 Å². The molecule has 0 aliphatic rings. The van der Waals surface area contributed by atoms with Gasteiger partial charge in [0.15, 0.2) is 5.82 Å². The van der Waals surface area contributed by atoms with E-state index in [1.165, 1.54) is 0 Å². The lowest BCUT2D eigenvalue weighted by atomic mass is 10.2. The maximum absolute atomic E-state index is 6.35. The first-order valence-electron chi connectivity index (χ1n) is 8.32. The molecule has 0 saturated heterocycles. The largest absolute Gasteiger partial charge is 0.495 e. The van der Waals surface area contributed by atoms with Gasteiger partial charge in [0.1, 0.15) is 5.75 Å². The second kappa shape index (κ2) is 7.98. The third-order valence-electron chi connectivity index (χ3n) is 3.99. The van der Waals surface area contributed by atoms with E-state index in [-0.39, 0.29) is 0 Å². The summed E-state index contributed by atoms with van der Waals surface area (Å²) in [6, 6.07) is 13.2. The van der Waals surface area contributed by atoms with Gasteiger partial charge in [-0.3, -0.25) is 0 Å². The van der Waals surface area contributed by atoms with E-state index in [1.807, 2.05) is 42.3 Å². The second-order valence-electron chi connectivity index (χ2n) is 5.81. The summed E-state index contributed by atoms with van der Waals surface area (Å²) >= 11 is 12.4. The molecule has 3 rings (SSSR count). The van der Waals surface area contributed by atoms with Gasteiger partial charge in [-0.25, -0.2) is 4.68 Å². The molecule has 0 aliphatic carbocycles. The third kappa shape index (κ3) is 3.64. The van der Waals surface area contributed by atoms with Crippen LogP contribution in [-0.4, -0.2) is 28.4 Å². The first-order chi connectivity index (χ1) is 12.5. The monoisotopic (exact) mass is 390 g/mol. The van der Waals surface area contributed by atoms with Gasteiger partial charge in [0, 0.05) is 24.2 Å². The molecule has 0 atom stereocenters. The molecule has 0 bridgehead atoms. The Hall–Kier alpha value is -2.24. The molecular formula is C19H20Cl2N4O. The van der Waals surface area contributed by atoms with E-state index in [4.69, 9.17) is 32.9 Å². The van der Waals surface area contributed by atoms with Gasteiger partial charge in [0.25, 0.3) is 0 Å². The Morgan fingerprint density at radius 1 is 1.15 bits per heavy atom. The first kappa shape index (κ1) is 18.5. The van der Waals surface area contributed by atoms with Crippen molar-refractivity contribution < 1.29 is 4.74 Å². The van der Waals surface area contributed by atoms with Gasteiger partial charge < -0.3 is 9.64 Å². The molecule has 1 heterocycles. The highest BCUT2D eigenvalue weighted by molar-refractivity contribution is 6.36. The Morgan fingerprint density at radius 3 is 2.62 bits per heavy atom. The number of anilines is 2. The Morgan fingerprint density at radius 2 is 1.92 bits per heavy atom. The zero-order valence-corrected chi connectivity index (χ0v) is 16.4. The number of hydrogen-bond acceptors (Lipinski definition) is 4. The van der Waals surface area contributed by atoms with Crippen molar-refractivity contribution in [2.75, 3.05) is 18.6 Å². The number of para-hydroxylation sites is 2. The van der Waals surface area contributed by atoms with E-state index in [1.54, 1.807) is 23.9 Å². The van der Waals surface area contributed by atoms with Gasteiger partial charge in [0.2, 0.25) is 5.95 Å². The van der Waals surface area contributed by atoms with Crippen molar-refractivity contribution in [2.24, 2.45) is 7.05 Å². The van der Waals surface area contributed by atoms with Gasteiger partial charge in [-0.1, -0.05) is 42.3 Å². The van der Waals surface area contributed by atoms with E-state index >= 15 is 0 Å². The molecule has 5 nitrogen and oxygen atoms in total. The van der Waals surface area contributed by atoms with Crippen LogP contribution in [0.1, 0.15) is 13.3 Å². The molecule has 0 amide bonds. The summed E-state index contributed by atoms with van der Waals surface area (Å²) in [5, 5.41) is 5.73. The molecule has 136 valence electrons. The summed E-state index contributed by atoms with van der Waals surface area (Å²) in [4.78, 5) is 6.78. The summed E-state index contributed by atoms with van der Waals surface area (Å²) in [7, 11) is 3.51. The van der Waals surface area contributed by atoms with Crippen LogP contribution in [0.15, 0.2) is 42.5 Å². The van der Waals surface area contributed by atoms with Crippen molar-refractivity contribution in [1.82, 2.24) is 14.8 Å². The summed E-state index contributed by atoms with van der Waals surface area (Å²) in [6.07, 6.45) is 0.938. The average molecular weight is 391 g/mol. The summed E-state index contributed by atoms with van der Waals surface area (Å²) in [6.45, 7) is 2.88. The number of aryl methyl sites for hydroxylation is 1. The molecule has 1 aromatic heterocycles. The maximum atomic E-state index is 6.35. The Kier molecular flexibility index (Phi) is 5.69. The van der Waals surface area contributed by atoms with Gasteiger partial charge >= 0.3 is 0 Å².